The molecule has 2 aromatic carbocycles. The summed E-state index contributed by atoms with van der Waals surface area (Å²) in [5, 5.41) is 24.1. The minimum atomic E-state index is -1.82. The van der Waals surface area contributed by atoms with Crippen molar-refractivity contribution in [1.82, 2.24) is 5.32 Å². The number of aldehydes is 1. The molecule has 0 saturated heterocycles. The van der Waals surface area contributed by atoms with Gasteiger partial charge in [0.15, 0.2) is 12.9 Å². The smallest absolute Gasteiger partial charge is 0.483 e. The first-order chi connectivity index (χ1) is 14.0. The molecule has 2 amide bonds. The van der Waals surface area contributed by atoms with E-state index in [0.29, 0.717) is 12.0 Å². The van der Waals surface area contributed by atoms with E-state index in [0.717, 1.165) is 18.4 Å². The van der Waals surface area contributed by atoms with E-state index >= 15 is 0 Å². The predicted molar refractivity (Wildman–Crippen MR) is 107 cm³/mol. The molecule has 8 nitrogen and oxygen atoms in total. The summed E-state index contributed by atoms with van der Waals surface area (Å²) in [5.41, 5.74) is 1.48. The maximum atomic E-state index is 12.1. The lowest BCUT2D eigenvalue weighted by Crippen LogP contribution is -2.34. The third-order valence-electron chi connectivity index (χ3n) is 4.49. The summed E-state index contributed by atoms with van der Waals surface area (Å²) >= 11 is 0. The predicted octanol–water partition coefficient (Wildman–Crippen LogP) is 0.223. The van der Waals surface area contributed by atoms with E-state index in [-0.39, 0.29) is 41.8 Å². The normalized spacial score (nSPS) is 12.8. The minimum absolute atomic E-state index is 0.00275. The van der Waals surface area contributed by atoms with Crippen molar-refractivity contribution in [2.45, 2.75) is 19.4 Å². The Hall–Kier alpha value is -3.17. The third kappa shape index (κ3) is 5.66. The average molecular weight is 396 g/mol. The van der Waals surface area contributed by atoms with Gasteiger partial charge in [-0.05, 0) is 42.1 Å². The molecule has 150 valence electrons. The maximum absolute atomic E-state index is 12.1. The number of anilines is 1. The van der Waals surface area contributed by atoms with Gasteiger partial charge in [0.2, 0.25) is 5.91 Å². The van der Waals surface area contributed by atoms with Gasteiger partial charge in [-0.3, -0.25) is 14.4 Å². The molecule has 0 heterocycles. The molecule has 0 atom stereocenters. The quantitative estimate of drug-likeness (QED) is 0.355. The Balaban J connectivity index is 1.52. The molecule has 3 rings (SSSR count). The molecule has 1 saturated carbocycles. The molecule has 0 aliphatic heterocycles. The van der Waals surface area contributed by atoms with E-state index < -0.39 is 13.0 Å². The molecule has 0 radical (unpaired) electrons. The van der Waals surface area contributed by atoms with Gasteiger partial charge in [0, 0.05) is 18.2 Å². The summed E-state index contributed by atoms with van der Waals surface area (Å²) < 4.78 is 5.36. The summed E-state index contributed by atoms with van der Waals surface area (Å²) in [4.78, 5) is 35.1. The van der Waals surface area contributed by atoms with Crippen LogP contribution in [0.15, 0.2) is 42.5 Å². The van der Waals surface area contributed by atoms with Crippen LogP contribution in [0.5, 0.6) is 5.75 Å². The van der Waals surface area contributed by atoms with Crippen molar-refractivity contribution >= 4 is 36.4 Å². The molecule has 2 aromatic rings. The van der Waals surface area contributed by atoms with Crippen molar-refractivity contribution in [3.05, 3.63) is 53.6 Å². The highest BCUT2D eigenvalue weighted by Gasteiger charge is 2.29. The third-order valence-corrected chi connectivity index (χ3v) is 4.49. The summed E-state index contributed by atoms with van der Waals surface area (Å²) in [6, 6.07) is 11.5. The fraction of sp³-hybridized carbons (Fsp3) is 0.250. The first kappa shape index (κ1) is 20.6. The second kappa shape index (κ2) is 9.36. The lowest BCUT2D eigenvalue weighted by atomic mass is 9.77. The first-order valence-electron chi connectivity index (χ1n) is 9.21. The number of rotatable bonds is 9. The van der Waals surface area contributed by atoms with Gasteiger partial charge in [-0.1, -0.05) is 24.3 Å². The molecule has 0 spiro atoms. The number of nitrogens with one attached hydrogen (secondary N) is 2. The van der Waals surface area contributed by atoms with Crippen molar-refractivity contribution in [2.75, 3.05) is 11.9 Å². The Kier molecular flexibility index (Phi) is 6.63. The molecule has 4 N–H and O–H groups in total. The van der Waals surface area contributed by atoms with Crippen LogP contribution in [0.25, 0.3) is 0 Å². The van der Waals surface area contributed by atoms with Gasteiger partial charge in [0.1, 0.15) is 5.75 Å². The van der Waals surface area contributed by atoms with E-state index in [1.165, 1.54) is 18.2 Å². The molecule has 0 unspecified atom stereocenters. The fourth-order valence-corrected chi connectivity index (χ4v) is 2.78. The molecule has 1 aliphatic carbocycles. The Morgan fingerprint density at radius 2 is 1.93 bits per heavy atom. The number of carbonyl (C=O) groups is 3. The number of amides is 2. The number of hydrogen-bond donors (Lipinski definition) is 4. The summed E-state index contributed by atoms with van der Waals surface area (Å²) in [7, 11) is -1.82. The first-order valence-corrected chi connectivity index (χ1v) is 9.21. The lowest BCUT2D eigenvalue weighted by Gasteiger charge is -2.12. The zero-order chi connectivity index (χ0) is 20.8. The second-order valence-corrected chi connectivity index (χ2v) is 6.78. The molecule has 0 bridgehead atoms. The van der Waals surface area contributed by atoms with Crippen LogP contribution in [0.3, 0.4) is 0 Å². The lowest BCUT2D eigenvalue weighted by molar-refractivity contribution is -0.123. The molecular weight excluding hydrogens is 375 g/mol. The number of carbonyl (C=O) groups excluding carboxylic acids is 3. The van der Waals surface area contributed by atoms with Gasteiger partial charge in [0.05, 0.1) is 5.56 Å². The summed E-state index contributed by atoms with van der Waals surface area (Å²) in [5.74, 6) is -0.201. The molecule has 1 fully saturated rings. The highest BCUT2D eigenvalue weighted by molar-refractivity contribution is 6.60. The van der Waals surface area contributed by atoms with Crippen molar-refractivity contribution in [2.24, 2.45) is 5.92 Å². The van der Waals surface area contributed by atoms with Crippen molar-refractivity contribution in [1.29, 1.82) is 0 Å². The van der Waals surface area contributed by atoms with Crippen LogP contribution in [0.4, 0.5) is 5.69 Å². The average Bonchev–Trinajstić information content (AvgIpc) is 3.56. The van der Waals surface area contributed by atoms with Gasteiger partial charge in [-0.15, -0.1) is 0 Å². The van der Waals surface area contributed by atoms with E-state index in [4.69, 9.17) is 4.74 Å². The molecule has 0 aromatic heterocycles. The van der Waals surface area contributed by atoms with Crippen LogP contribution >= 0.6 is 0 Å². The molecule has 9 heteroatoms. The highest BCUT2D eigenvalue weighted by atomic mass is 16.5. The standard InChI is InChI=1S/C20H21BN2O6/c24-11-16-17(21(27)28)5-2-6-18(16)29-12-19(25)22-10-13-3-1-4-15(9-13)23-20(26)14-7-8-14/h1-6,9,11,14,27-28H,7-8,10,12H2,(H,22,25)(H,23,26). The topological polar surface area (TPSA) is 125 Å². The maximum Gasteiger partial charge on any atom is 0.489 e. The van der Waals surface area contributed by atoms with Crippen LogP contribution in [0.1, 0.15) is 28.8 Å². The summed E-state index contributed by atoms with van der Waals surface area (Å²) in [6.07, 6.45) is 2.30. The van der Waals surface area contributed by atoms with E-state index in [9.17, 15) is 24.4 Å². The van der Waals surface area contributed by atoms with Crippen LogP contribution in [0.2, 0.25) is 0 Å². The largest absolute Gasteiger partial charge is 0.489 e. The van der Waals surface area contributed by atoms with Crippen LogP contribution in [-0.4, -0.2) is 41.9 Å². The molecular formula is C20H21BN2O6. The number of hydrogen-bond acceptors (Lipinski definition) is 6. The van der Waals surface area contributed by atoms with Gasteiger partial charge in [-0.25, -0.2) is 0 Å². The van der Waals surface area contributed by atoms with Crippen LogP contribution < -0.4 is 20.8 Å². The Bertz CT molecular complexity index is 914. The number of ether oxygens (including phenoxy) is 1. The van der Waals surface area contributed by atoms with Crippen molar-refractivity contribution in [3.63, 3.8) is 0 Å². The van der Waals surface area contributed by atoms with E-state index in [2.05, 4.69) is 10.6 Å². The second-order valence-electron chi connectivity index (χ2n) is 6.78. The highest BCUT2D eigenvalue weighted by Crippen LogP contribution is 2.30. The number of benzene rings is 2. The van der Waals surface area contributed by atoms with E-state index in [1.807, 2.05) is 6.07 Å². The minimum Gasteiger partial charge on any atom is -0.483 e. The Labute approximate surface area is 168 Å². The molecule has 29 heavy (non-hydrogen) atoms. The monoisotopic (exact) mass is 396 g/mol. The van der Waals surface area contributed by atoms with Gasteiger partial charge < -0.3 is 25.4 Å². The Morgan fingerprint density at radius 1 is 1.17 bits per heavy atom. The molecule has 1 aliphatic rings. The SMILES string of the molecule is O=Cc1c(OCC(=O)NCc2cccc(NC(=O)C3CC3)c2)cccc1B(O)O. The van der Waals surface area contributed by atoms with E-state index in [1.54, 1.807) is 18.2 Å². The fourth-order valence-electron chi connectivity index (χ4n) is 2.78. The van der Waals surface area contributed by atoms with Crippen molar-refractivity contribution < 1.29 is 29.2 Å². The van der Waals surface area contributed by atoms with Gasteiger partial charge in [0.25, 0.3) is 5.91 Å². The van der Waals surface area contributed by atoms with Crippen LogP contribution in [0, 0.1) is 5.92 Å². The van der Waals surface area contributed by atoms with Gasteiger partial charge in [-0.2, -0.15) is 0 Å². The summed E-state index contributed by atoms with van der Waals surface area (Å²) in [6.45, 7) is -0.102. The van der Waals surface area contributed by atoms with Crippen LogP contribution in [-0.2, 0) is 16.1 Å². The zero-order valence-electron chi connectivity index (χ0n) is 15.6. The zero-order valence-corrected chi connectivity index (χ0v) is 15.6. The van der Waals surface area contributed by atoms with Crippen molar-refractivity contribution in [3.8, 4) is 5.75 Å². The Morgan fingerprint density at radius 3 is 2.62 bits per heavy atom. The van der Waals surface area contributed by atoms with Gasteiger partial charge >= 0.3 is 7.12 Å².